The van der Waals surface area contributed by atoms with Gasteiger partial charge in [-0.05, 0) is 6.92 Å². The first kappa shape index (κ1) is 7.84. The number of hydrogen-bond acceptors (Lipinski definition) is 3. The molecule has 0 fully saturated rings. The van der Waals surface area contributed by atoms with Crippen LogP contribution in [0.3, 0.4) is 0 Å². The number of carbonyl (C=O) groups excluding carboxylic acids is 1. The van der Waals surface area contributed by atoms with E-state index in [4.69, 9.17) is 7.80 Å². The van der Waals surface area contributed by atoms with Gasteiger partial charge in [0.1, 0.15) is 11.9 Å². The van der Waals surface area contributed by atoms with E-state index >= 15 is 0 Å². The predicted octanol–water partition coefficient (Wildman–Crippen LogP) is 1.57. The fourth-order valence-electron chi connectivity index (χ4n) is 0.801. The van der Waals surface area contributed by atoms with Crippen LogP contribution >= 0.6 is 23.0 Å². The zero-order chi connectivity index (χ0) is 7.56. The maximum atomic E-state index is 10.7. The third-order valence-electron chi connectivity index (χ3n) is 1.18. The first-order valence-electron chi connectivity index (χ1n) is 2.92. The molecule has 3 nitrogen and oxygen atoms in total. The molecule has 0 bridgehead atoms. The summed E-state index contributed by atoms with van der Waals surface area (Å²) < 4.78 is 9.68. The first-order valence-corrected chi connectivity index (χ1v) is 3.80. The van der Waals surface area contributed by atoms with Gasteiger partial charge in [0.15, 0.2) is 23.0 Å². The van der Waals surface area contributed by atoms with Crippen LogP contribution in [-0.4, -0.2) is 12.1 Å². The quantitative estimate of drug-likeness (QED) is 0.526. The Kier molecular flexibility index (Phi) is 2.53. The maximum absolute atomic E-state index is 10.7. The molecule has 0 saturated carbocycles. The second kappa shape index (κ2) is 3.23. The van der Waals surface area contributed by atoms with Crippen LogP contribution in [0.4, 0.5) is 0 Å². The summed E-state index contributed by atoms with van der Waals surface area (Å²) in [6.07, 6.45) is 1.99. The van der Waals surface area contributed by atoms with Crippen molar-refractivity contribution in [3.63, 3.8) is 0 Å². The Morgan fingerprint density at radius 1 is 1.90 bits per heavy atom. The summed E-state index contributed by atoms with van der Waals surface area (Å²) in [7, 11) is 0. The highest BCUT2D eigenvalue weighted by atomic mass is 127. The van der Waals surface area contributed by atoms with E-state index in [0.29, 0.717) is 12.2 Å². The average Bonchev–Trinajstić information content (AvgIpc) is 1.85. The molecule has 1 rings (SSSR count). The SMILES string of the molecule is CC1CC(OI)=CC(=O)O1. The van der Waals surface area contributed by atoms with Gasteiger partial charge >= 0.3 is 5.97 Å². The smallest absolute Gasteiger partial charge is 0.334 e. The number of carbonyl (C=O) groups is 1. The molecule has 0 aromatic carbocycles. The standard InChI is InChI=1S/C6H7IO3/c1-4-2-5(10-7)3-6(8)9-4/h3-4H,2H2,1H3. The van der Waals surface area contributed by atoms with E-state index in [1.807, 2.05) is 6.92 Å². The van der Waals surface area contributed by atoms with Gasteiger partial charge in [-0.25, -0.2) is 4.79 Å². The lowest BCUT2D eigenvalue weighted by Crippen LogP contribution is -2.19. The molecular formula is C6H7IO3. The summed E-state index contributed by atoms with van der Waals surface area (Å²) in [6, 6.07) is 0. The van der Waals surface area contributed by atoms with Crippen molar-refractivity contribution in [2.75, 3.05) is 0 Å². The van der Waals surface area contributed by atoms with Crippen molar-refractivity contribution in [2.24, 2.45) is 0 Å². The molecule has 0 radical (unpaired) electrons. The second-order valence-corrected chi connectivity index (χ2v) is 2.58. The van der Waals surface area contributed by atoms with Crippen molar-refractivity contribution in [3.05, 3.63) is 11.8 Å². The first-order chi connectivity index (χ1) is 4.72. The molecule has 0 aromatic heterocycles. The summed E-state index contributed by atoms with van der Waals surface area (Å²) in [4.78, 5) is 10.7. The summed E-state index contributed by atoms with van der Waals surface area (Å²) in [5, 5.41) is 0. The molecule has 1 unspecified atom stereocenters. The van der Waals surface area contributed by atoms with Crippen LogP contribution in [0.2, 0.25) is 0 Å². The topological polar surface area (TPSA) is 35.5 Å². The van der Waals surface area contributed by atoms with Crippen LogP contribution < -0.4 is 0 Å². The summed E-state index contributed by atoms with van der Waals surface area (Å²) in [6.45, 7) is 1.83. The fourth-order valence-corrected chi connectivity index (χ4v) is 1.11. The summed E-state index contributed by atoms with van der Waals surface area (Å²) in [5.74, 6) is 0.370. The van der Waals surface area contributed by atoms with Crippen molar-refractivity contribution < 1.29 is 12.6 Å². The monoisotopic (exact) mass is 254 g/mol. The van der Waals surface area contributed by atoms with Gasteiger partial charge in [0.2, 0.25) is 0 Å². The third-order valence-corrected chi connectivity index (χ3v) is 1.75. The normalized spacial score (nSPS) is 25.2. The highest BCUT2D eigenvalue weighted by molar-refractivity contribution is 14.1. The molecule has 10 heavy (non-hydrogen) atoms. The van der Waals surface area contributed by atoms with Crippen LogP contribution in [0.5, 0.6) is 0 Å². The van der Waals surface area contributed by atoms with E-state index in [-0.39, 0.29) is 12.1 Å². The van der Waals surface area contributed by atoms with E-state index in [2.05, 4.69) is 0 Å². The van der Waals surface area contributed by atoms with Crippen molar-refractivity contribution in [1.29, 1.82) is 0 Å². The Labute approximate surface area is 73.1 Å². The Hall–Kier alpha value is -0.260. The molecule has 0 N–H and O–H groups in total. The molecule has 0 aromatic rings. The molecule has 0 amide bonds. The van der Waals surface area contributed by atoms with Gasteiger partial charge in [-0.1, -0.05) is 0 Å². The van der Waals surface area contributed by atoms with Gasteiger partial charge in [0.25, 0.3) is 0 Å². The van der Waals surface area contributed by atoms with Gasteiger partial charge in [-0.2, -0.15) is 0 Å². The largest absolute Gasteiger partial charge is 0.459 e. The summed E-state index contributed by atoms with van der Waals surface area (Å²) in [5.41, 5.74) is 0. The van der Waals surface area contributed by atoms with Crippen LogP contribution in [0.1, 0.15) is 13.3 Å². The molecule has 1 heterocycles. The Balaban J connectivity index is 2.65. The number of ether oxygens (including phenoxy) is 1. The number of rotatable bonds is 1. The lowest BCUT2D eigenvalue weighted by atomic mass is 10.2. The van der Waals surface area contributed by atoms with Crippen LogP contribution in [0.15, 0.2) is 11.8 Å². The molecule has 0 spiro atoms. The van der Waals surface area contributed by atoms with Crippen LogP contribution in [-0.2, 0) is 12.6 Å². The van der Waals surface area contributed by atoms with Crippen molar-refractivity contribution in [3.8, 4) is 0 Å². The van der Waals surface area contributed by atoms with Gasteiger partial charge in [0, 0.05) is 6.42 Å². The Morgan fingerprint density at radius 2 is 2.60 bits per heavy atom. The molecule has 4 heteroatoms. The fraction of sp³-hybridized carbons (Fsp3) is 0.500. The number of halogens is 1. The lowest BCUT2D eigenvalue weighted by Gasteiger charge is -2.16. The Bertz CT molecular complexity index is 176. The number of cyclic esters (lactones) is 1. The van der Waals surface area contributed by atoms with Crippen LogP contribution in [0.25, 0.3) is 0 Å². The van der Waals surface area contributed by atoms with Gasteiger partial charge in [-0.3, -0.25) is 0 Å². The predicted molar refractivity (Wildman–Crippen MR) is 43.4 cm³/mol. The van der Waals surface area contributed by atoms with Gasteiger partial charge < -0.3 is 7.80 Å². The minimum Gasteiger partial charge on any atom is -0.459 e. The molecule has 1 aliphatic rings. The maximum Gasteiger partial charge on any atom is 0.334 e. The van der Waals surface area contributed by atoms with E-state index in [1.165, 1.54) is 6.08 Å². The van der Waals surface area contributed by atoms with E-state index in [9.17, 15) is 4.79 Å². The Morgan fingerprint density at radius 3 is 3.10 bits per heavy atom. The van der Waals surface area contributed by atoms with Crippen molar-refractivity contribution >= 4 is 29.0 Å². The van der Waals surface area contributed by atoms with Gasteiger partial charge in [0.05, 0.1) is 6.08 Å². The van der Waals surface area contributed by atoms with E-state index in [1.54, 1.807) is 23.0 Å². The van der Waals surface area contributed by atoms with Crippen molar-refractivity contribution in [2.45, 2.75) is 19.4 Å². The van der Waals surface area contributed by atoms with E-state index < -0.39 is 0 Å². The minimum absolute atomic E-state index is 0.0535. The van der Waals surface area contributed by atoms with Crippen molar-refractivity contribution in [1.82, 2.24) is 0 Å². The number of esters is 1. The molecule has 1 atom stereocenters. The lowest BCUT2D eigenvalue weighted by molar-refractivity contribution is -0.143. The van der Waals surface area contributed by atoms with E-state index in [0.717, 1.165) is 0 Å². The average molecular weight is 254 g/mol. The molecule has 1 aliphatic heterocycles. The molecule has 56 valence electrons. The summed E-state index contributed by atoms with van der Waals surface area (Å²) >= 11 is 1.75. The second-order valence-electron chi connectivity index (χ2n) is 2.14. The van der Waals surface area contributed by atoms with Crippen LogP contribution in [0, 0.1) is 0 Å². The molecule has 0 aliphatic carbocycles. The zero-order valence-electron chi connectivity index (χ0n) is 5.46. The molecule has 0 saturated heterocycles. The highest BCUT2D eigenvalue weighted by Crippen LogP contribution is 2.17. The third kappa shape index (κ3) is 1.86. The minimum atomic E-state index is -0.314. The highest BCUT2D eigenvalue weighted by Gasteiger charge is 2.17. The van der Waals surface area contributed by atoms with Gasteiger partial charge in [-0.15, -0.1) is 0 Å². The number of hydrogen-bond donors (Lipinski definition) is 0. The zero-order valence-corrected chi connectivity index (χ0v) is 7.62. The molecular weight excluding hydrogens is 247 g/mol.